The minimum Gasteiger partial charge on any atom is -0.486 e. The fourth-order valence-electron chi connectivity index (χ4n) is 3.41. The molecule has 2 aromatic carbocycles. The number of benzene rings is 2. The Balaban J connectivity index is 1.57. The number of amides is 1. The van der Waals surface area contributed by atoms with Crippen molar-refractivity contribution in [3.8, 4) is 11.5 Å². The van der Waals surface area contributed by atoms with Gasteiger partial charge in [0.05, 0.1) is 22.8 Å². The zero-order chi connectivity index (χ0) is 21.3. The Morgan fingerprint density at radius 2 is 1.70 bits per heavy atom. The predicted octanol–water partition coefficient (Wildman–Crippen LogP) is 5.46. The van der Waals surface area contributed by atoms with Crippen LogP contribution in [0.1, 0.15) is 64.8 Å². The molecule has 30 heavy (non-hydrogen) atoms. The van der Waals surface area contributed by atoms with E-state index in [0.717, 1.165) is 38.5 Å². The van der Waals surface area contributed by atoms with Crippen molar-refractivity contribution < 1.29 is 24.2 Å². The minimum absolute atomic E-state index is 0.120. The number of carboxylic acids is 1. The number of aryl methyl sites for hydroxylation is 1. The van der Waals surface area contributed by atoms with Crippen LogP contribution < -0.4 is 14.8 Å². The van der Waals surface area contributed by atoms with E-state index in [-0.39, 0.29) is 23.7 Å². The zero-order valence-corrected chi connectivity index (χ0v) is 17.5. The van der Waals surface area contributed by atoms with Crippen molar-refractivity contribution >= 4 is 29.2 Å². The number of anilines is 1. The lowest BCUT2D eigenvalue weighted by atomic mass is 9.95. The molecule has 2 fully saturated rings. The van der Waals surface area contributed by atoms with E-state index >= 15 is 0 Å². The Bertz CT molecular complexity index is 982. The first-order valence-electron chi connectivity index (χ1n) is 10.2. The van der Waals surface area contributed by atoms with Gasteiger partial charge in [-0.15, -0.1) is 0 Å². The number of carboxylic acid groups (broad SMARTS) is 1. The monoisotopic (exact) mass is 429 g/mol. The predicted molar refractivity (Wildman–Crippen MR) is 114 cm³/mol. The van der Waals surface area contributed by atoms with Crippen LogP contribution >= 0.6 is 11.6 Å². The fraction of sp³-hybridized carbons (Fsp3) is 0.391. The van der Waals surface area contributed by atoms with Crippen LogP contribution in [0, 0.1) is 6.92 Å². The van der Waals surface area contributed by atoms with Crippen molar-refractivity contribution in [1.29, 1.82) is 0 Å². The number of hydrogen-bond donors (Lipinski definition) is 2. The number of carbonyl (C=O) groups is 2. The maximum absolute atomic E-state index is 12.8. The van der Waals surface area contributed by atoms with E-state index in [1.54, 1.807) is 31.2 Å². The van der Waals surface area contributed by atoms with Gasteiger partial charge in [-0.1, -0.05) is 11.6 Å². The van der Waals surface area contributed by atoms with Gasteiger partial charge >= 0.3 is 5.97 Å². The molecule has 0 atom stereocenters. The summed E-state index contributed by atoms with van der Waals surface area (Å²) >= 11 is 6.48. The standard InChI is InChI=1S/C23H24ClNO5/c1-13-10-15(8-9-18(13)23(27)28)25-22(26)14-11-19(24)21(30-17-6-3-7-17)20(12-14)29-16-4-2-5-16/h8-12,16-17H,2-7H2,1H3,(H,25,26)(H,27,28). The Kier molecular flexibility index (Phi) is 5.86. The molecule has 2 aromatic rings. The third kappa shape index (κ3) is 4.38. The van der Waals surface area contributed by atoms with Gasteiger partial charge in [0.15, 0.2) is 11.5 Å². The number of rotatable bonds is 7. The molecule has 2 aliphatic rings. The van der Waals surface area contributed by atoms with Gasteiger partial charge in [-0.05, 0) is 81.3 Å². The topological polar surface area (TPSA) is 84.9 Å². The SMILES string of the molecule is Cc1cc(NC(=O)c2cc(Cl)c(OC3CCC3)c(OC3CCC3)c2)ccc1C(=O)O. The summed E-state index contributed by atoms with van der Waals surface area (Å²) in [5.74, 6) is -0.349. The summed E-state index contributed by atoms with van der Waals surface area (Å²) < 4.78 is 12.1. The third-order valence-corrected chi connectivity index (χ3v) is 5.95. The second-order valence-corrected chi connectivity index (χ2v) is 8.32. The molecule has 0 saturated heterocycles. The smallest absolute Gasteiger partial charge is 0.335 e. The lowest BCUT2D eigenvalue weighted by Gasteiger charge is -2.31. The van der Waals surface area contributed by atoms with Gasteiger partial charge < -0.3 is 19.9 Å². The van der Waals surface area contributed by atoms with E-state index in [1.807, 2.05) is 0 Å². The quantitative estimate of drug-likeness (QED) is 0.610. The molecule has 0 bridgehead atoms. The highest BCUT2D eigenvalue weighted by Crippen LogP contribution is 2.41. The molecule has 0 aliphatic heterocycles. The first-order chi connectivity index (χ1) is 14.4. The maximum Gasteiger partial charge on any atom is 0.335 e. The first-order valence-corrected chi connectivity index (χ1v) is 10.6. The van der Waals surface area contributed by atoms with E-state index in [4.69, 9.17) is 26.2 Å². The van der Waals surface area contributed by atoms with Crippen LogP contribution in [-0.4, -0.2) is 29.2 Å². The molecule has 0 unspecified atom stereocenters. The number of aromatic carboxylic acids is 1. The summed E-state index contributed by atoms with van der Waals surface area (Å²) in [5.41, 5.74) is 1.63. The van der Waals surface area contributed by atoms with Crippen molar-refractivity contribution in [2.45, 2.75) is 57.7 Å². The average Bonchev–Trinajstić information content (AvgIpc) is 2.61. The molecular weight excluding hydrogens is 406 g/mol. The second-order valence-electron chi connectivity index (χ2n) is 7.92. The molecule has 0 aromatic heterocycles. The lowest BCUT2D eigenvalue weighted by molar-refractivity contribution is 0.0696. The molecule has 0 heterocycles. The van der Waals surface area contributed by atoms with Gasteiger partial charge in [0.1, 0.15) is 0 Å². The van der Waals surface area contributed by atoms with Crippen molar-refractivity contribution in [2.75, 3.05) is 5.32 Å². The van der Waals surface area contributed by atoms with Crippen LogP contribution in [0.2, 0.25) is 5.02 Å². The largest absolute Gasteiger partial charge is 0.486 e. The number of hydrogen-bond acceptors (Lipinski definition) is 4. The van der Waals surface area contributed by atoms with Crippen molar-refractivity contribution in [3.63, 3.8) is 0 Å². The normalized spacial score (nSPS) is 16.3. The molecule has 7 heteroatoms. The number of ether oxygens (including phenoxy) is 2. The first kappa shape index (κ1) is 20.5. The summed E-state index contributed by atoms with van der Waals surface area (Å²) in [5, 5.41) is 12.3. The minimum atomic E-state index is -1.00. The van der Waals surface area contributed by atoms with Gasteiger partial charge in [-0.2, -0.15) is 0 Å². The van der Waals surface area contributed by atoms with Gasteiger partial charge in [0.2, 0.25) is 0 Å². The Hall–Kier alpha value is -2.73. The maximum atomic E-state index is 12.8. The van der Waals surface area contributed by atoms with Crippen LogP contribution in [0.15, 0.2) is 30.3 Å². The summed E-state index contributed by atoms with van der Waals surface area (Å²) in [4.78, 5) is 24.0. The number of nitrogens with one attached hydrogen (secondary N) is 1. The molecular formula is C23H24ClNO5. The molecule has 0 spiro atoms. The molecule has 6 nitrogen and oxygen atoms in total. The number of carbonyl (C=O) groups excluding carboxylic acids is 1. The summed E-state index contributed by atoms with van der Waals surface area (Å²) in [6.45, 7) is 1.69. The van der Waals surface area contributed by atoms with E-state index in [9.17, 15) is 9.59 Å². The van der Waals surface area contributed by atoms with E-state index in [1.165, 1.54) is 6.07 Å². The Labute approximate surface area is 180 Å². The van der Waals surface area contributed by atoms with Crippen LogP contribution in [0.4, 0.5) is 5.69 Å². The zero-order valence-electron chi connectivity index (χ0n) is 16.7. The Morgan fingerprint density at radius 3 is 2.27 bits per heavy atom. The van der Waals surface area contributed by atoms with Crippen LogP contribution in [0.5, 0.6) is 11.5 Å². The highest BCUT2D eigenvalue weighted by Gasteiger charge is 2.27. The van der Waals surface area contributed by atoms with Crippen molar-refractivity contribution in [3.05, 3.63) is 52.0 Å². The third-order valence-electron chi connectivity index (χ3n) is 5.67. The van der Waals surface area contributed by atoms with Gasteiger partial charge in [0.25, 0.3) is 5.91 Å². The van der Waals surface area contributed by atoms with E-state index < -0.39 is 5.97 Å². The molecule has 0 radical (unpaired) electrons. The van der Waals surface area contributed by atoms with Crippen LogP contribution in [0.25, 0.3) is 0 Å². The van der Waals surface area contributed by atoms with Gasteiger partial charge in [0, 0.05) is 11.3 Å². The summed E-state index contributed by atoms with van der Waals surface area (Å²) in [7, 11) is 0. The van der Waals surface area contributed by atoms with E-state index in [2.05, 4.69) is 5.32 Å². The molecule has 2 aliphatic carbocycles. The lowest BCUT2D eigenvalue weighted by Crippen LogP contribution is -2.27. The Morgan fingerprint density at radius 1 is 1.03 bits per heavy atom. The second kappa shape index (κ2) is 8.56. The van der Waals surface area contributed by atoms with Crippen LogP contribution in [0.3, 0.4) is 0 Å². The average molecular weight is 430 g/mol. The fourth-order valence-corrected chi connectivity index (χ4v) is 3.66. The molecule has 2 saturated carbocycles. The van der Waals surface area contributed by atoms with Crippen molar-refractivity contribution in [1.82, 2.24) is 0 Å². The number of halogens is 1. The highest BCUT2D eigenvalue weighted by molar-refractivity contribution is 6.32. The molecule has 158 valence electrons. The molecule has 1 amide bonds. The summed E-state index contributed by atoms with van der Waals surface area (Å²) in [6, 6.07) is 7.92. The van der Waals surface area contributed by atoms with E-state index in [0.29, 0.717) is 33.3 Å². The van der Waals surface area contributed by atoms with Crippen LogP contribution in [-0.2, 0) is 0 Å². The highest BCUT2D eigenvalue weighted by atomic mass is 35.5. The summed E-state index contributed by atoms with van der Waals surface area (Å²) in [6.07, 6.45) is 6.47. The molecule has 4 rings (SSSR count). The molecule has 2 N–H and O–H groups in total. The van der Waals surface area contributed by atoms with Gasteiger partial charge in [-0.3, -0.25) is 4.79 Å². The van der Waals surface area contributed by atoms with Gasteiger partial charge in [-0.25, -0.2) is 4.79 Å². The van der Waals surface area contributed by atoms with Crippen molar-refractivity contribution in [2.24, 2.45) is 0 Å².